The van der Waals surface area contributed by atoms with Crippen molar-refractivity contribution in [2.24, 2.45) is 5.92 Å². The summed E-state index contributed by atoms with van der Waals surface area (Å²) in [4.78, 5) is 12.6. The zero-order valence-electron chi connectivity index (χ0n) is 17.7. The van der Waals surface area contributed by atoms with Crippen LogP contribution in [0.4, 0.5) is 0 Å². The number of cyclic esters (lactones) is 1. The number of hydrogen-bond donors (Lipinski definition) is 1. The van der Waals surface area contributed by atoms with Crippen LogP contribution in [-0.2, 0) is 9.53 Å². The maximum Gasteiger partial charge on any atom is 0.312 e. The third-order valence-electron chi connectivity index (χ3n) is 6.24. The number of carbonyl (C=O) groups is 1. The Hall–Kier alpha value is -2.95. The van der Waals surface area contributed by atoms with Gasteiger partial charge < -0.3 is 9.84 Å². The van der Waals surface area contributed by atoms with Gasteiger partial charge in [-0.1, -0.05) is 103 Å². The lowest BCUT2D eigenvalue weighted by molar-refractivity contribution is -0.145. The maximum atomic E-state index is 12.6. The number of esters is 1. The zero-order chi connectivity index (χ0) is 21.7. The van der Waals surface area contributed by atoms with E-state index in [4.69, 9.17) is 4.74 Å². The Morgan fingerprint density at radius 2 is 1.35 bits per heavy atom. The van der Waals surface area contributed by atoms with Gasteiger partial charge >= 0.3 is 5.97 Å². The molecule has 4 heteroatoms. The summed E-state index contributed by atoms with van der Waals surface area (Å²) in [6.07, 6.45) is 2.95. The third kappa shape index (κ3) is 4.27. The summed E-state index contributed by atoms with van der Waals surface area (Å²) in [7, 11) is -2.48. The van der Waals surface area contributed by atoms with E-state index in [0.717, 1.165) is 6.04 Å². The molecule has 0 spiro atoms. The summed E-state index contributed by atoms with van der Waals surface area (Å²) in [6, 6.07) is 32.6. The molecule has 0 saturated carbocycles. The molecule has 2 unspecified atom stereocenters. The highest BCUT2D eigenvalue weighted by atomic mass is 28.3. The van der Waals surface area contributed by atoms with Crippen LogP contribution in [-0.4, -0.2) is 31.4 Å². The zero-order valence-corrected chi connectivity index (χ0v) is 18.7. The summed E-state index contributed by atoms with van der Waals surface area (Å²) < 4.78 is 5.86. The average molecular weight is 429 g/mol. The molecule has 31 heavy (non-hydrogen) atoms. The number of ether oxygens (including phenoxy) is 1. The molecule has 0 aromatic heterocycles. The van der Waals surface area contributed by atoms with Gasteiger partial charge in [-0.2, -0.15) is 0 Å². The van der Waals surface area contributed by atoms with Gasteiger partial charge in [0.2, 0.25) is 0 Å². The van der Waals surface area contributed by atoms with E-state index < -0.39 is 20.1 Å². The fourth-order valence-corrected chi connectivity index (χ4v) is 9.70. The van der Waals surface area contributed by atoms with Crippen molar-refractivity contribution >= 4 is 29.6 Å². The summed E-state index contributed by atoms with van der Waals surface area (Å²) in [6.45, 7) is 1.85. The molecule has 158 valence electrons. The predicted octanol–water partition coefficient (Wildman–Crippen LogP) is 3.03. The number of allylic oxidation sites excluding steroid dienone is 1. The highest BCUT2D eigenvalue weighted by molar-refractivity contribution is 7.11. The lowest BCUT2D eigenvalue weighted by Crippen LogP contribution is -2.68. The van der Waals surface area contributed by atoms with E-state index in [1.807, 2.05) is 25.1 Å². The fourth-order valence-electron chi connectivity index (χ4n) is 4.78. The van der Waals surface area contributed by atoms with Crippen molar-refractivity contribution in [1.82, 2.24) is 0 Å². The van der Waals surface area contributed by atoms with E-state index in [0.29, 0.717) is 6.42 Å². The molecular weight excluding hydrogens is 400 g/mol. The number of benzene rings is 3. The first kappa shape index (κ1) is 21.3. The minimum Gasteiger partial charge on any atom is -0.462 e. The van der Waals surface area contributed by atoms with Crippen molar-refractivity contribution in [1.29, 1.82) is 0 Å². The molecule has 0 radical (unpaired) electrons. The highest BCUT2D eigenvalue weighted by Gasteiger charge is 2.46. The molecule has 1 heterocycles. The van der Waals surface area contributed by atoms with Crippen LogP contribution in [0.2, 0.25) is 6.04 Å². The van der Waals surface area contributed by atoms with E-state index >= 15 is 0 Å². The van der Waals surface area contributed by atoms with Crippen molar-refractivity contribution in [2.45, 2.75) is 31.6 Å². The van der Waals surface area contributed by atoms with Crippen molar-refractivity contribution in [2.75, 3.05) is 0 Å². The van der Waals surface area contributed by atoms with Crippen LogP contribution in [0.3, 0.4) is 0 Å². The minimum absolute atomic E-state index is 0.232. The van der Waals surface area contributed by atoms with E-state index in [1.54, 1.807) is 12.2 Å². The van der Waals surface area contributed by atoms with Crippen LogP contribution < -0.4 is 15.6 Å². The first-order chi connectivity index (χ1) is 15.1. The number of carbonyl (C=O) groups excluding carboxylic acids is 1. The Kier molecular flexibility index (Phi) is 6.49. The van der Waals surface area contributed by atoms with Gasteiger partial charge in [0.25, 0.3) is 0 Å². The van der Waals surface area contributed by atoms with Gasteiger partial charge in [-0.05, 0) is 28.5 Å². The molecule has 0 amide bonds. The van der Waals surface area contributed by atoms with Gasteiger partial charge in [0, 0.05) is 6.42 Å². The van der Waals surface area contributed by atoms with Crippen molar-refractivity contribution in [3.63, 3.8) is 0 Å². The van der Waals surface area contributed by atoms with Crippen LogP contribution in [0.25, 0.3) is 0 Å². The first-order valence-electron chi connectivity index (χ1n) is 10.8. The second-order valence-electron chi connectivity index (χ2n) is 8.12. The number of aliphatic hydroxyl groups is 1. The topological polar surface area (TPSA) is 46.5 Å². The number of rotatable bonds is 7. The molecule has 1 N–H and O–H groups in total. The Bertz CT molecular complexity index is 921. The summed E-state index contributed by atoms with van der Waals surface area (Å²) in [5.41, 5.74) is 0. The molecule has 1 aliphatic rings. The van der Waals surface area contributed by atoms with Crippen LogP contribution in [0.15, 0.2) is 103 Å². The second kappa shape index (κ2) is 9.46. The Balaban J connectivity index is 1.81. The molecule has 3 atom stereocenters. The summed E-state index contributed by atoms with van der Waals surface area (Å²) >= 11 is 0. The van der Waals surface area contributed by atoms with E-state index in [-0.39, 0.29) is 12.1 Å². The molecule has 0 aliphatic carbocycles. The third-order valence-corrected chi connectivity index (χ3v) is 11.3. The normalized spacial score (nSPS) is 20.0. The van der Waals surface area contributed by atoms with Crippen molar-refractivity contribution in [3.05, 3.63) is 103 Å². The lowest BCUT2D eigenvalue weighted by Gasteiger charge is -2.35. The predicted molar refractivity (Wildman–Crippen MR) is 128 cm³/mol. The monoisotopic (exact) mass is 428 g/mol. The first-order valence-corrected chi connectivity index (χ1v) is 13.0. The molecule has 4 rings (SSSR count). The standard InChI is InChI=1S/C27H28O3Si/c1-2-12-26(28)25-19-21(30-27(25)29)20-31(22-13-6-3-7-14-22,23-15-8-4-9-16-23)24-17-10-5-11-18-24/h2-18,21,25-26,28H,19-20H2,1H3/b12-2+/t21-,25?,26?/m1/s1. The molecule has 3 aromatic rings. The Morgan fingerprint density at radius 3 is 1.77 bits per heavy atom. The smallest absolute Gasteiger partial charge is 0.312 e. The molecule has 3 nitrogen and oxygen atoms in total. The molecular formula is C27H28O3Si. The fraction of sp³-hybridized carbons (Fsp3) is 0.222. The Labute approximate surface area is 185 Å². The highest BCUT2D eigenvalue weighted by Crippen LogP contribution is 2.30. The second-order valence-corrected chi connectivity index (χ2v) is 12.1. The van der Waals surface area contributed by atoms with Gasteiger partial charge in [-0.15, -0.1) is 0 Å². The van der Waals surface area contributed by atoms with Crippen LogP contribution >= 0.6 is 0 Å². The van der Waals surface area contributed by atoms with Crippen LogP contribution in [0.1, 0.15) is 13.3 Å². The molecule has 3 aromatic carbocycles. The largest absolute Gasteiger partial charge is 0.462 e. The SMILES string of the molecule is C/C=C/C(O)C1C[C@H](C[Si](c2ccccc2)(c2ccccc2)c2ccccc2)OC1=O. The molecule has 1 aliphatic heterocycles. The quantitative estimate of drug-likeness (QED) is 0.272. The average Bonchev–Trinajstić information content (AvgIpc) is 3.19. The lowest BCUT2D eigenvalue weighted by atomic mass is 9.98. The van der Waals surface area contributed by atoms with E-state index in [1.165, 1.54) is 15.6 Å². The van der Waals surface area contributed by atoms with E-state index in [9.17, 15) is 9.90 Å². The van der Waals surface area contributed by atoms with Crippen LogP contribution in [0.5, 0.6) is 0 Å². The summed E-state index contributed by atoms with van der Waals surface area (Å²) in [5, 5.41) is 14.3. The number of hydrogen-bond acceptors (Lipinski definition) is 3. The van der Waals surface area contributed by atoms with Gasteiger partial charge in [0.05, 0.1) is 12.0 Å². The van der Waals surface area contributed by atoms with Gasteiger partial charge in [-0.3, -0.25) is 4.79 Å². The van der Waals surface area contributed by atoms with Crippen molar-refractivity contribution < 1.29 is 14.6 Å². The van der Waals surface area contributed by atoms with Crippen molar-refractivity contribution in [3.8, 4) is 0 Å². The van der Waals surface area contributed by atoms with Crippen LogP contribution in [0, 0.1) is 5.92 Å². The van der Waals surface area contributed by atoms with E-state index in [2.05, 4.69) is 72.8 Å². The Morgan fingerprint density at radius 1 is 0.903 bits per heavy atom. The number of aliphatic hydroxyl groups excluding tert-OH is 1. The minimum atomic E-state index is -2.48. The molecule has 1 saturated heterocycles. The van der Waals surface area contributed by atoms with Gasteiger partial charge in [-0.25, -0.2) is 0 Å². The molecule has 0 bridgehead atoms. The maximum absolute atomic E-state index is 12.6. The molecule has 1 fully saturated rings. The van der Waals surface area contributed by atoms with Gasteiger partial charge in [0.1, 0.15) is 6.10 Å². The van der Waals surface area contributed by atoms with Gasteiger partial charge in [0.15, 0.2) is 8.07 Å². The summed E-state index contributed by atoms with van der Waals surface area (Å²) in [5.74, 6) is -0.803.